The van der Waals surface area contributed by atoms with Gasteiger partial charge in [-0.1, -0.05) is 0 Å². The molecule has 0 heterocycles. The Balaban J connectivity index is 3.01. The van der Waals surface area contributed by atoms with Crippen molar-refractivity contribution in [2.24, 2.45) is 0 Å². The average molecular weight is 194 g/mol. The van der Waals surface area contributed by atoms with Crippen LogP contribution in [0.1, 0.15) is 6.42 Å². The predicted octanol–water partition coefficient (Wildman–Crippen LogP) is -1.85. The van der Waals surface area contributed by atoms with Crippen LogP contribution in [-0.2, 0) is 19.7 Å². The topological polar surface area (TPSA) is 109 Å². The van der Waals surface area contributed by atoms with E-state index in [1.165, 1.54) is 0 Å². The number of hydrogen-bond acceptors (Lipinski definition) is 5. The second-order valence-electron chi connectivity index (χ2n) is 2.48. The maximum absolute atomic E-state index is 10.8. The van der Waals surface area contributed by atoms with E-state index >= 15 is 0 Å². The number of hydrogen-bond donors (Lipinski definition) is 2. The van der Waals surface area contributed by atoms with Gasteiger partial charge in [-0.3, -0.25) is 14.1 Å². The van der Waals surface area contributed by atoms with E-state index in [9.17, 15) is 18.0 Å². The van der Waals surface area contributed by atoms with Gasteiger partial charge in [0.1, 0.15) is 0 Å². The lowest BCUT2D eigenvalue weighted by Gasteiger charge is -2.00. The van der Waals surface area contributed by atoms with Crippen LogP contribution < -0.4 is 0 Å². The van der Waals surface area contributed by atoms with Crippen molar-refractivity contribution in [1.82, 2.24) is 0 Å². The Bertz CT molecular complexity index is 328. The molecule has 2 N–H and O–H groups in total. The van der Waals surface area contributed by atoms with Gasteiger partial charge in [0.05, 0.1) is 0 Å². The van der Waals surface area contributed by atoms with Crippen molar-refractivity contribution >= 4 is 21.7 Å². The zero-order valence-corrected chi connectivity index (χ0v) is 6.61. The lowest BCUT2D eigenvalue weighted by Crippen LogP contribution is -2.30. The summed E-state index contributed by atoms with van der Waals surface area (Å²) in [4.78, 5) is 21.3. The highest BCUT2D eigenvalue weighted by molar-refractivity contribution is 7.87. The number of aliphatic hydroxyl groups is 1. The quantitative estimate of drug-likeness (QED) is 0.374. The fourth-order valence-corrected chi connectivity index (χ4v) is 1.78. The summed E-state index contributed by atoms with van der Waals surface area (Å²) in [6.07, 6.45) is -2.53. The predicted molar refractivity (Wildman–Crippen MR) is 36.0 cm³/mol. The number of carbonyl (C=O) groups excluding carboxylic acids is 2. The Labute approximate surface area is 67.9 Å². The first-order chi connectivity index (χ1) is 5.34. The SMILES string of the molecule is O=C1CC(S(=O)(=O)O)C(=O)C1O. The summed E-state index contributed by atoms with van der Waals surface area (Å²) in [6, 6.07) is 0. The molecular formula is C5H6O6S. The van der Waals surface area contributed by atoms with Gasteiger partial charge in [-0.2, -0.15) is 8.42 Å². The molecule has 1 aliphatic rings. The summed E-state index contributed by atoms with van der Waals surface area (Å²) in [6.45, 7) is 0. The Morgan fingerprint density at radius 1 is 1.33 bits per heavy atom. The highest BCUT2D eigenvalue weighted by Gasteiger charge is 2.46. The molecule has 6 nitrogen and oxygen atoms in total. The zero-order chi connectivity index (χ0) is 9.52. The molecular weight excluding hydrogens is 188 g/mol. The third-order valence-corrected chi connectivity index (χ3v) is 2.76. The first-order valence-electron chi connectivity index (χ1n) is 3.05. The minimum absolute atomic E-state index is 0.640. The monoisotopic (exact) mass is 194 g/mol. The molecule has 7 heteroatoms. The Morgan fingerprint density at radius 3 is 2.00 bits per heavy atom. The van der Waals surface area contributed by atoms with Gasteiger partial charge in [0.2, 0.25) is 0 Å². The van der Waals surface area contributed by atoms with E-state index in [2.05, 4.69) is 0 Å². The van der Waals surface area contributed by atoms with Crippen molar-refractivity contribution in [2.75, 3.05) is 0 Å². The van der Waals surface area contributed by atoms with Crippen LogP contribution in [0.3, 0.4) is 0 Å². The third-order valence-electron chi connectivity index (χ3n) is 1.64. The molecule has 1 fully saturated rings. The van der Waals surface area contributed by atoms with E-state index in [-0.39, 0.29) is 0 Å². The molecule has 1 aliphatic carbocycles. The molecule has 0 saturated heterocycles. The lowest BCUT2D eigenvalue weighted by molar-refractivity contribution is -0.132. The van der Waals surface area contributed by atoms with Gasteiger partial charge < -0.3 is 5.11 Å². The summed E-state index contributed by atoms with van der Waals surface area (Å²) >= 11 is 0. The second kappa shape index (κ2) is 2.61. The molecule has 68 valence electrons. The van der Waals surface area contributed by atoms with Crippen LogP contribution in [0.15, 0.2) is 0 Å². The third kappa shape index (κ3) is 1.38. The van der Waals surface area contributed by atoms with Crippen LogP contribution in [0, 0.1) is 0 Å². The minimum atomic E-state index is -4.55. The lowest BCUT2D eigenvalue weighted by atomic mass is 10.3. The van der Waals surface area contributed by atoms with Crippen LogP contribution >= 0.6 is 0 Å². The molecule has 0 bridgehead atoms. The number of Topliss-reactive ketones (excluding diaryl/α,β-unsaturated/α-hetero) is 2. The molecule has 1 rings (SSSR count). The maximum Gasteiger partial charge on any atom is 0.275 e. The van der Waals surface area contributed by atoms with Crippen molar-refractivity contribution in [3.05, 3.63) is 0 Å². The van der Waals surface area contributed by atoms with Crippen LogP contribution in [-0.4, -0.2) is 41.0 Å². The molecule has 2 unspecified atom stereocenters. The van der Waals surface area contributed by atoms with Gasteiger partial charge in [-0.25, -0.2) is 0 Å². The molecule has 0 aliphatic heterocycles. The first kappa shape index (κ1) is 9.30. The largest absolute Gasteiger partial charge is 0.378 e. The number of rotatable bonds is 1. The molecule has 0 aromatic heterocycles. The number of carbonyl (C=O) groups is 2. The summed E-state index contributed by atoms with van der Waals surface area (Å²) in [5.41, 5.74) is 0. The van der Waals surface area contributed by atoms with Crippen LogP contribution in [0.25, 0.3) is 0 Å². The molecule has 0 radical (unpaired) electrons. The normalized spacial score (nSPS) is 31.2. The van der Waals surface area contributed by atoms with Crippen LogP contribution in [0.5, 0.6) is 0 Å². The van der Waals surface area contributed by atoms with Crippen LogP contribution in [0.4, 0.5) is 0 Å². The van der Waals surface area contributed by atoms with Crippen molar-refractivity contribution in [2.45, 2.75) is 17.8 Å². The highest BCUT2D eigenvalue weighted by Crippen LogP contribution is 2.18. The zero-order valence-electron chi connectivity index (χ0n) is 5.80. The average Bonchev–Trinajstić information content (AvgIpc) is 2.15. The van der Waals surface area contributed by atoms with E-state index in [1.54, 1.807) is 0 Å². The summed E-state index contributed by atoms with van der Waals surface area (Å²) in [7, 11) is -4.55. The van der Waals surface area contributed by atoms with Gasteiger partial charge in [-0.05, 0) is 0 Å². The molecule has 0 spiro atoms. The summed E-state index contributed by atoms with van der Waals surface area (Å²) in [5, 5.41) is 6.95. The van der Waals surface area contributed by atoms with Crippen molar-refractivity contribution in [1.29, 1.82) is 0 Å². The van der Waals surface area contributed by atoms with E-state index in [0.29, 0.717) is 0 Å². The fraction of sp³-hybridized carbons (Fsp3) is 0.600. The fourth-order valence-electron chi connectivity index (χ4n) is 0.982. The van der Waals surface area contributed by atoms with Gasteiger partial charge >= 0.3 is 0 Å². The molecule has 0 aromatic carbocycles. The minimum Gasteiger partial charge on any atom is -0.378 e. The molecule has 12 heavy (non-hydrogen) atoms. The van der Waals surface area contributed by atoms with E-state index in [1.807, 2.05) is 0 Å². The molecule has 1 saturated carbocycles. The molecule has 0 aromatic rings. The van der Waals surface area contributed by atoms with Gasteiger partial charge in [-0.15, -0.1) is 0 Å². The molecule has 0 amide bonds. The summed E-state index contributed by atoms with van der Waals surface area (Å²) in [5.74, 6) is -2.02. The highest BCUT2D eigenvalue weighted by atomic mass is 32.2. The van der Waals surface area contributed by atoms with Crippen molar-refractivity contribution < 1.29 is 27.7 Å². The number of ketones is 2. The second-order valence-corrected chi connectivity index (χ2v) is 4.08. The van der Waals surface area contributed by atoms with Crippen molar-refractivity contribution in [3.63, 3.8) is 0 Å². The smallest absolute Gasteiger partial charge is 0.275 e. The Hall–Kier alpha value is -0.790. The van der Waals surface area contributed by atoms with E-state index < -0.39 is 39.5 Å². The maximum atomic E-state index is 10.8. The van der Waals surface area contributed by atoms with Gasteiger partial charge in [0.15, 0.2) is 22.9 Å². The Morgan fingerprint density at radius 2 is 1.83 bits per heavy atom. The number of aliphatic hydroxyl groups excluding tert-OH is 1. The van der Waals surface area contributed by atoms with Crippen molar-refractivity contribution in [3.8, 4) is 0 Å². The van der Waals surface area contributed by atoms with E-state index in [0.717, 1.165) is 0 Å². The van der Waals surface area contributed by atoms with Gasteiger partial charge in [0.25, 0.3) is 10.1 Å². The van der Waals surface area contributed by atoms with Gasteiger partial charge in [0, 0.05) is 6.42 Å². The van der Waals surface area contributed by atoms with Crippen LogP contribution in [0.2, 0.25) is 0 Å². The first-order valence-corrected chi connectivity index (χ1v) is 4.55. The molecule has 2 atom stereocenters. The van der Waals surface area contributed by atoms with E-state index in [4.69, 9.17) is 9.66 Å². The standard InChI is InChI=1S/C5H6O6S/c6-2-1-3(12(9,10)11)5(8)4(2)7/h3-4,7H,1H2,(H,9,10,11). The summed E-state index contributed by atoms with van der Waals surface area (Å²) < 4.78 is 29.2. The Kier molecular flexibility index (Phi) is 2.02.